The highest BCUT2D eigenvalue weighted by atomic mass is 32.1. The standard InChI is InChI=1S/C21H24N4S/c1-24-11-13-25(14-12-24)20-18-16-9-5-6-10-17(16)26-21(18)23-19(22-20)15-7-3-2-4-8-15/h2-4,7-8H,5-6,9-14H2,1H3. The fourth-order valence-corrected chi connectivity index (χ4v) is 5.36. The number of fused-ring (bicyclic) bond motifs is 3. The van der Waals surface area contributed by atoms with Gasteiger partial charge < -0.3 is 9.80 Å². The number of anilines is 1. The lowest BCUT2D eigenvalue weighted by molar-refractivity contribution is 0.312. The van der Waals surface area contributed by atoms with Gasteiger partial charge in [0, 0.05) is 36.6 Å². The van der Waals surface area contributed by atoms with Crippen molar-refractivity contribution in [3.05, 3.63) is 40.8 Å². The summed E-state index contributed by atoms with van der Waals surface area (Å²) >= 11 is 1.90. The highest BCUT2D eigenvalue weighted by molar-refractivity contribution is 7.19. The van der Waals surface area contributed by atoms with Crippen LogP contribution >= 0.6 is 11.3 Å². The molecule has 1 aliphatic carbocycles. The number of hydrogen-bond donors (Lipinski definition) is 0. The van der Waals surface area contributed by atoms with E-state index >= 15 is 0 Å². The largest absolute Gasteiger partial charge is 0.353 e. The first-order valence-corrected chi connectivity index (χ1v) is 10.4. The molecule has 0 unspecified atom stereocenters. The summed E-state index contributed by atoms with van der Waals surface area (Å²) in [7, 11) is 2.20. The fraction of sp³-hybridized carbons (Fsp3) is 0.429. The summed E-state index contributed by atoms with van der Waals surface area (Å²) in [6.07, 6.45) is 4.99. The van der Waals surface area contributed by atoms with Gasteiger partial charge in [0.05, 0.1) is 5.39 Å². The summed E-state index contributed by atoms with van der Waals surface area (Å²) in [5, 5.41) is 1.34. The van der Waals surface area contributed by atoms with Crippen LogP contribution in [0.3, 0.4) is 0 Å². The van der Waals surface area contributed by atoms with E-state index in [1.165, 1.54) is 47.3 Å². The van der Waals surface area contributed by atoms with E-state index in [2.05, 4.69) is 41.1 Å². The lowest BCUT2D eigenvalue weighted by Crippen LogP contribution is -2.45. The van der Waals surface area contributed by atoms with Gasteiger partial charge in [-0.05, 0) is 38.3 Å². The molecule has 134 valence electrons. The van der Waals surface area contributed by atoms with Gasteiger partial charge in [0.1, 0.15) is 10.6 Å². The summed E-state index contributed by atoms with van der Waals surface area (Å²) < 4.78 is 0. The average molecular weight is 365 g/mol. The molecule has 2 aliphatic rings. The van der Waals surface area contributed by atoms with E-state index in [-0.39, 0.29) is 0 Å². The molecule has 5 heteroatoms. The quantitative estimate of drug-likeness (QED) is 0.688. The van der Waals surface area contributed by atoms with Crippen molar-refractivity contribution in [2.24, 2.45) is 0 Å². The molecule has 2 aromatic heterocycles. The van der Waals surface area contributed by atoms with Crippen LogP contribution in [0, 0.1) is 0 Å². The summed E-state index contributed by atoms with van der Waals surface area (Å²) in [4.78, 5) is 17.7. The Morgan fingerprint density at radius 2 is 1.69 bits per heavy atom. The Morgan fingerprint density at radius 3 is 2.50 bits per heavy atom. The molecule has 0 atom stereocenters. The van der Waals surface area contributed by atoms with Gasteiger partial charge in [0.25, 0.3) is 0 Å². The van der Waals surface area contributed by atoms with Crippen LogP contribution in [-0.4, -0.2) is 48.1 Å². The number of rotatable bonds is 2. The molecule has 4 nitrogen and oxygen atoms in total. The predicted octanol–water partition coefficient (Wildman–Crippen LogP) is 3.99. The lowest BCUT2D eigenvalue weighted by atomic mass is 9.96. The van der Waals surface area contributed by atoms with Crippen LogP contribution in [0.5, 0.6) is 0 Å². The molecule has 0 bridgehead atoms. The van der Waals surface area contributed by atoms with Crippen molar-refractivity contribution in [2.45, 2.75) is 25.7 Å². The summed E-state index contributed by atoms with van der Waals surface area (Å²) in [5.41, 5.74) is 2.64. The molecule has 5 rings (SSSR count). The molecule has 1 aromatic carbocycles. The second kappa shape index (κ2) is 6.63. The minimum Gasteiger partial charge on any atom is -0.353 e. The third kappa shape index (κ3) is 2.79. The molecule has 3 heterocycles. The van der Waals surface area contributed by atoms with Crippen LogP contribution in [0.15, 0.2) is 30.3 Å². The van der Waals surface area contributed by atoms with E-state index in [0.29, 0.717) is 0 Å². The maximum atomic E-state index is 5.10. The zero-order valence-corrected chi connectivity index (χ0v) is 16.1. The third-order valence-corrected chi connectivity index (χ3v) is 6.82. The molecule has 1 fully saturated rings. The van der Waals surface area contributed by atoms with Crippen LogP contribution in [0.4, 0.5) is 5.82 Å². The Morgan fingerprint density at radius 1 is 0.923 bits per heavy atom. The fourth-order valence-electron chi connectivity index (χ4n) is 4.10. The molecule has 1 saturated heterocycles. The van der Waals surface area contributed by atoms with E-state index in [1.54, 1.807) is 4.88 Å². The van der Waals surface area contributed by atoms with Gasteiger partial charge in [-0.15, -0.1) is 11.3 Å². The van der Waals surface area contributed by atoms with Crippen LogP contribution < -0.4 is 4.90 Å². The predicted molar refractivity (Wildman–Crippen MR) is 109 cm³/mol. The van der Waals surface area contributed by atoms with Gasteiger partial charge in [-0.2, -0.15) is 0 Å². The van der Waals surface area contributed by atoms with Crippen molar-refractivity contribution < 1.29 is 0 Å². The molecule has 3 aromatic rings. The Hall–Kier alpha value is -1.98. The normalized spacial score (nSPS) is 18.3. The Balaban J connectivity index is 1.70. The topological polar surface area (TPSA) is 32.3 Å². The summed E-state index contributed by atoms with van der Waals surface area (Å²) in [5.74, 6) is 2.03. The molecule has 0 amide bonds. The van der Waals surface area contributed by atoms with E-state index in [4.69, 9.17) is 9.97 Å². The van der Waals surface area contributed by atoms with E-state index < -0.39 is 0 Å². The summed E-state index contributed by atoms with van der Waals surface area (Å²) in [6, 6.07) is 10.4. The average Bonchev–Trinajstić information content (AvgIpc) is 3.07. The van der Waals surface area contributed by atoms with E-state index in [9.17, 15) is 0 Å². The van der Waals surface area contributed by atoms with E-state index in [0.717, 1.165) is 37.6 Å². The lowest BCUT2D eigenvalue weighted by Gasteiger charge is -2.34. The molecule has 0 saturated carbocycles. The molecular formula is C21H24N4S. The number of likely N-dealkylation sites (N-methyl/N-ethyl adjacent to an activating group) is 1. The SMILES string of the molecule is CN1CCN(c2nc(-c3ccccc3)nc3sc4c(c23)CCCC4)CC1. The smallest absolute Gasteiger partial charge is 0.163 e. The van der Waals surface area contributed by atoms with Crippen molar-refractivity contribution in [1.82, 2.24) is 14.9 Å². The van der Waals surface area contributed by atoms with Crippen LogP contribution in [0.1, 0.15) is 23.3 Å². The van der Waals surface area contributed by atoms with Gasteiger partial charge in [-0.1, -0.05) is 30.3 Å². The number of hydrogen-bond acceptors (Lipinski definition) is 5. The second-order valence-corrected chi connectivity index (χ2v) is 8.50. The highest BCUT2D eigenvalue weighted by Gasteiger charge is 2.25. The first-order chi connectivity index (χ1) is 12.8. The van der Waals surface area contributed by atoms with Crippen molar-refractivity contribution in [2.75, 3.05) is 38.1 Å². The van der Waals surface area contributed by atoms with Crippen molar-refractivity contribution in [3.63, 3.8) is 0 Å². The number of nitrogens with zero attached hydrogens (tertiary/aromatic N) is 4. The van der Waals surface area contributed by atoms with Crippen LogP contribution in [0.25, 0.3) is 21.6 Å². The molecular weight excluding hydrogens is 340 g/mol. The monoisotopic (exact) mass is 364 g/mol. The highest BCUT2D eigenvalue weighted by Crippen LogP contribution is 2.40. The number of aryl methyl sites for hydroxylation is 2. The molecule has 0 radical (unpaired) electrons. The van der Waals surface area contributed by atoms with Gasteiger partial charge in [0.2, 0.25) is 0 Å². The number of piperazine rings is 1. The Kier molecular flexibility index (Phi) is 4.14. The molecule has 1 aliphatic heterocycles. The van der Waals surface area contributed by atoms with E-state index in [1.807, 2.05) is 17.4 Å². The van der Waals surface area contributed by atoms with Crippen LogP contribution in [0.2, 0.25) is 0 Å². The van der Waals surface area contributed by atoms with Gasteiger partial charge in [-0.25, -0.2) is 9.97 Å². The second-order valence-electron chi connectivity index (χ2n) is 7.42. The van der Waals surface area contributed by atoms with Crippen molar-refractivity contribution >= 4 is 27.4 Å². The zero-order valence-electron chi connectivity index (χ0n) is 15.2. The molecule has 26 heavy (non-hydrogen) atoms. The number of aromatic nitrogens is 2. The van der Waals surface area contributed by atoms with Crippen molar-refractivity contribution in [1.29, 1.82) is 0 Å². The van der Waals surface area contributed by atoms with Gasteiger partial charge in [-0.3, -0.25) is 0 Å². The van der Waals surface area contributed by atoms with Gasteiger partial charge in [0.15, 0.2) is 5.82 Å². The maximum Gasteiger partial charge on any atom is 0.163 e. The molecule has 0 spiro atoms. The Bertz CT molecular complexity index is 926. The minimum absolute atomic E-state index is 0.866. The zero-order chi connectivity index (χ0) is 17.5. The third-order valence-electron chi connectivity index (χ3n) is 5.63. The Labute approximate surface area is 158 Å². The number of benzene rings is 1. The maximum absolute atomic E-state index is 5.10. The first-order valence-electron chi connectivity index (χ1n) is 9.61. The van der Waals surface area contributed by atoms with Gasteiger partial charge >= 0.3 is 0 Å². The van der Waals surface area contributed by atoms with Crippen LogP contribution in [-0.2, 0) is 12.8 Å². The number of thiophene rings is 1. The first kappa shape index (κ1) is 16.2. The minimum atomic E-state index is 0.866. The van der Waals surface area contributed by atoms with Crippen molar-refractivity contribution in [3.8, 4) is 11.4 Å². The summed E-state index contributed by atoms with van der Waals surface area (Å²) in [6.45, 7) is 4.28. The molecule has 0 N–H and O–H groups in total.